The molecule has 0 heterocycles. The Bertz CT molecular complexity index is 278. The third-order valence-electron chi connectivity index (χ3n) is 2.97. The predicted molar refractivity (Wildman–Crippen MR) is 70.1 cm³/mol. The average Bonchev–Trinajstić information content (AvgIpc) is 2.35. The molecule has 0 saturated carbocycles. The van der Waals surface area contributed by atoms with Crippen LogP contribution in [0.25, 0.3) is 0 Å². The standard InChI is InChI=1S/C12H25N3O3/c1-5-12(13,6-2)8-18-9(4)10(16)15-11(17)14-7-3/h9H,5-8,13H2,1-4H3,(H2,14,15,16,17). The Morgan fingerprint density at radius 2 is 1.83 bits per heavy atom. The molecule has 0 radical (unpaired) electrons. The second kappa shape index (κ2) is 8.05. The summed E-state index contributed by atoms with van der Waals surface area (Å²) in [7, 11) is 0. The van der Waals surface area contributed by atoms with Crippen LogP contribution in [0.1, 0.15) is 40.5 Å². The van der Waals surface area contributed by atoms with Crippen LogP contribution in [0, 0.1) is 0 Å². The van der Waals surface area contributed by atoms with Crippen LogP contribution in [0.15, 0.2) is 0 Å². The Morgan fingerprint density at radius 3 is 2.28 bits per heavy atom. The number of nitrogens with two attached hydrogens (primary N) is 1. The number of amides is 3. The van der Waals surface area contributed by atoms with Crippen LogP contribution in [0.2, 0.25) is 0 Å². The molecule has 0 rings (SSSR count). The number of rotatable bonds is 7. The summed E-state index contributed by atoms with van der Waals surface area (Å²) >= 11 is 0. The van der Waals surface area contributed by atoms with Crippen molar-refractivity contribution < 1.29 is 14.3 Å². The van der Waals surface area contributed by atoms with E-state index in [1.807, 2.05) is 13.8 Å². The number of hydrogen-bond acceptors (Lipinski definition) is 4. The van der Waals surface area contributed by atoms with Crippen LogP contribution in [0.4, 0.5) is 4.79 Å². The maximum Gasteiger partial charge on any atom is 0.321 e. The Labute approximate surface area is 109 Å². The van der Waals surface area contributed by atoms with Gasteiger partial charge in [0, 0.05) is 12.1 Å². The molecule has 0 fully saturated rings. The lowest BCUT2D eigenvalue weighted by Gasteiger charge is -2.27. The fourth-order valence-electron chi connectivity index (χ4n) is 1.24. The van der Waals surface area contributed by atoms with Crippen LogP contribution in [0.5, 0.6) is 0 Å². The molecule has 106 valence electrons. The van der Waals surface area contributed by atoms with Gasteiger partial charge in [-0.1, -0.05) is 13.8 Å². The molecule has 0 aliphatic heterocycles. The predicted octanol–water partition coefficient (Wildman–Crippen LogP) is 0.755. The SMILES string of the molecule is CCNC(=O)NC(=O)C(C)OCC(N)(CC)CC. The molecule has 0 aliphatic carbocycles. The topological polar surface area (TPSA) is 93.5 Å². The Kier molecular flexibility index (Phi) is 7.54. The third kappa shape index (κ3) is 5.97. The molecular weight excluding hydrogens is 234 g/mol. The highest BCUT2D eigenvalue weighted by molar-refractivity contribution is 5.96. The molecule has 3 amide bonds. The number of urea groups is 1. The molecule has 0 aromatic rings. The number of imide groups is 1. The van der Waals surface area contributed by atoms with Gasteiger partial charge in [0.05, 0.1) is 6.61 Å². The van der Waals surface area contributed by atoms with Crippen molar-refractivity contribution >= 4 is 11.9 Å². The summed E-state index contributed by atoms with van der Waals surface area (Å²) in [4.78, 5) is 22.7. The molecule has 4 N–H and O–H groups in total. The Morgan fingerprint density at radius 1 is 1.28 bits per heavy atom. The van der Waals surface area contributed by atoms with Crippen molar-refractivity contribution in [2.45, 2.75) is 52.2 Å². The van der Waals surface area contributed by atoms with E-state index < -0.39 is 23.6 Å². The highest BCUT2D eigenvalue weighted by Crippen LogP contribution is 2.12. The lowest BCUT2D eigenvalue weighted by Crippen LogP contribution is -2.48. The fourth-order valence-corrected chi connectivity index (χ4v) is 1.24. The second-order valence-corrected chi connectivity index (χ2v) is 4.37. The molecule has 0 aromatic heterocycles. The first-order chi connectivity index (χ1) is 8.38. The van der Waals surface area contributed by atoms with Gasteiger partial charge in [0.2, 0.25) is 0 Å². The zero-order valence-electron chi connectivity index (χ0n) is 11.7. The van der Waals surface area contributed by atoms with Crippen molar-refractivity contribution in [1.29, 1.82) is 0 Å². The highest BCUT2D eigenvalue weighted by atomic mass is 16.5. The van der Waals surface area contributed by atoms with Gasteiger partial charge >= 0.3 is 6.03 Å². The smallest absolute Gasteiger partial charge is 0.321 e. The molecule has 1 unspecified atom stereocenters. The number of ether oxygens (including phenoxy) is 1. The van der Waals surface area contributed by atoms with E-state index in [-0.39, 0.29) is 0 Å². The monoisotopic (exact) mass is 259 g/mol. The minimum absolute atomic E-state index is 0.296. The summed E-state index contributed by atoms with van der Waals surface area (Å²) < 4.78 is 5.41. The fraction of sp³-hybridized carbons (Fsp3) is 0.833. The zero-order chi connectivity index (χ0) is 14.2. The van der Waals surface area contributed by atoms with Crippen LogP contribution in [-0.4, -0.2) is 36.7 Å². The van der Waals surface area contributed by atoms with Gasteiger partial charge in [0.15, 0.2) is 0 Å². The largest absolute Gasteiger partial charge is 0.367 e. The number of hydrogen-bond donors (Lipinski definition) is 3. The molecule has 0 bridgehead atoms. The lowest BCUT2D eigenvalue weighted by molar-refractivity contribution is -0.131. The van der Waals surface area contributed by atoms with E-state index in [0.29, 0.717) is 13.2 Å². The maximum absolute atomic E-state index is 11.6. The van der Waals surface area contributed by atoms with Gasteiger partial charge in [0.25, 0.3) is 5.91 Å². The van der Waals surface area contributed by atoms with Crippen molar-refractivity contribution in [3.05, 3.63) is 0 Å². The van der Waals surface area contributed by atoms with Gasteiger partial charge in [-0.05, 0) is 26.7 Å². The summed E-state index contributed by atoms with van der Waals surface area (Å²) in [5.41, 5.74) is 5.64. The van der Waals surface area contributed by atoms with Crippen LogP contribution in [-0.2, 0) is 9.53 Å². The van der Waals surface area contributed by atoms with Crippen molar-refractivity contribution in [2.24, 2.45) is 5.73 Å². The first-order valence-corrected chi connectivity index (χ1v) is 6.37. The van der Waals surface area contributed by atoms with Gasteiger partial charge in [-0.25, -0.2) is 4.79 Å². The van der Waals surface area contributed by atoms with E-state index in [9.17, 15) is 9.59 Å². The number of carbonyl (C=O) groups is 2. The van der Waals surface area contributed by atoms with Crippen molar-refractivity contribution in [2.75, 3.05) is 13.2 Å². The molecule has 0 saturated heterocycles. The van der Waals surface area contributed by atoms with Crippen molar-refractivity contribution in [3.63, 3.8) is 0 Å². The van der Waals surface area contributed by atoms with Gasteiger partial charge in [-0.3, -0.25) is 10.1 Å². The highest BCUT2D eigenvalue weighted by Gasteiger charge is 2.24. The Hall–Kier alpha value is -1.14. The Balaban J connectivity index is 4.12. The van der Waals surface area contributed by atoms with Crippen molar-refractivity contribution in [1.82, 2.24) is 10.6 Å². The molecule has 6 nitrogen and oxygen atoms in total. The number of carbonyl (C=O) groups excluding carboxylic acids is 2. The van der Waals surface area contributed by atoms with Crippen LogP contribution in [0.3, 0.4) is 0 Å². The van der Waals surface area contributed by atoms with E-state index in [1.54, 1.807) is 13.8 Å². The van der Waals surface area contributed by atoms with E-state index in [1.165, 1.54) is 0 Å². The maximum atomic E-state index is 11.6. The van der Waals surface area contributed by atoms with E-state index >= 15 is 0 Å². The van der Waals surface area contributed by atoms with Crippen LogP contribution >= 0.6 is 0 Å². The summed E-state index contributed by atoms with van der Waals surface area (Å²) in [6, 6.07) is -0.511. The molecule has 0 aromatic carbocycles. The quantitative estimate of drug-likeness (QED) is 0.629. The van der Waals surface area contributed by atoms with Gasteiger partial charge in [-0.15, -0.1) is 0 Å². The minimum Gasteiger partial charge on any atom is -0.367 e. The third-order valence-corrected chi connectivity index (χ3v) is 2.97. The van der Waals surface area contributed by atoms with Gasteiger partial charge in [0.1, 0.15) is 6.10 Å². The molecule has 18 heavy (non-hydrogen) atoms. The normalized spacial score (nSPS) is 12.9. The molecule has 6 heteroatoms. The molecule has 1 atom stereocenters. The molecular formula is C12H25N3O3. The second-order valence-electron chi connectivity index (χ2n) is 4.37. The van der Waals surface area contributed by atoms with E-state index in [2.05, 4.69) is 10.6 Å². The number of nitrogens with one attached hydrogen (secondary N) is 2. The minimum atomic E-state index is -0.700. The summed E-state index contributed by atoms with van der Waals surface area (Å²) in [6.45, 7) is 8.09. The first-order valence-electron chi connectivity index (χ1n) is 6.37. The van der Waals surface area contributed by atoms with Gasteiger partial charge in [-0.2, -0.15) is 0 Å². The molecule has 0 spiro atoms. The first kappa shape index (κ1) is 16.9. The van der Waals surface area contributed by atoms with Crippen LogP contribution < -0.4 is 16.4 Å². The van der Waals surface area contributed by atoms with Gasteiger partial charge < -0.3 is 15.8 Å². The zero-order valence-corrected chi connectivity index (χ0v) is 11.7. The van der Waals surface area contributed by atoms with Crippen molar-refractivity contribution in [3.8, 4) is 0 Å². The van der Waals surface area contributed by atoms with E-state index in [4.69, 9.17) is 10.5 Å². The van der Waals surface area contributed by atoms with E-state index in [0.717, 1.165) is 12.8 Å². The lowest BCUT2D eigenvalue weighted by atomic mass is 9.95. The average molecular weight is 259 g/mol. The summed E-state index contributed by atoms with van der Waals surface area (Å²) in [5.74, 6) is -0.462. The summed E-state index contributed by atoms with van der Waals surface area (Å²) in [5, 5.41) is 4.67. The summed E-state index contributed by atoms with van der Waals surface area (Å²) in [6.07, 6.45) is 0.844. The molecule has 0 aliphatic rings.